The molecule has 1 aromatic heterocycles. The van der Waals surface area contributed by atoms with Gasteiger partial charge in [-0.1, -0.05) is 6.92 Å². The number of aliphatic hydroxyl groups excluding tert-OH is 1. The van der Waals surface area contributed by atoms with Gasteiger partial charge in [-0.25, -0.2) is 9.97 Å². The first-order valence-corrected chi connectivity index (χ1v) is 5.35. The number of hydrogen-bond acceptors (Lipinski definition) is 4. The van der Waals surface area contributed by atoms with Crippen LogP contribution < -0.4 is 5.32 Å². The molecule has 0 aliphatic rings. The van der Waals surface area contributed by atoms with Gasteiger partial charge in [-0.2, -0.15) is 0 Å². The fourth-order valence-electron chi connectivity index (χ4n) is 1.53. The molecule has 0 spiro atoms. The maximum absolute atomic E-state index is 8.88. The number of nitrogens with zero attached hydrogens (tertiary/aromatic N) is 2. The number of aromatic nitrogens is 2. The first-order valence-electron chi connectivity index (χ1n) is 5.35. The number of anilines is 1. The third-order valence-electron chi connectivity index (χ3n) is 2.29. The van der Waals surface area contributed by atoms with Gasteiger partial charge in [0.15, 0.2) is 0 Å². The first kappa shape index (κ1) is 11.9. The SMILES string of the molecule is CCC(CCO)Nc1cc(C)nc(C)n1. The first-order chi connectivity index (χ1) is 7.15. The summed E-state index contributed by atoms with van der Waals surface area (Å²) in [6, 6.07) is 2.20. The highest BCUT2D eigenvalue weighted by Crippen LogP contribution is 2.10. The summed E-state index contributed by atoms with van der Waals surface area (Å²) in [5, 5.41) is 12.2. The van der Waals surface area contributed by atoms with Crippen molar-refractivity contribution in [2.45, 2.75) is 39.7 Å². The molecule has 0 saturated carbocycles. The molecule has 0 aliphatic heterocycles. The van der Waals surface area contributed by atoms with Gasteiger partial charge in [0, 0.05) is 24.4 Å². The monoisotopic (exact) mass is 209 g/mol. The third kappa shape index (κ3) is 3.83. The Balaban J connectivity index is 2.69. The molecule has 1 heterocycles. The third-order valence-corrected chi connectivity index (χ3v) is 2.29. The van der Waals surface area contributed by atoms with Crippen LogP contribution in [0.2, 0.25) is 0 Å². The molecule has 4 heteroatoms. The van der Waals surface area contributed by atoms with Gasteiger partial charge in [0.05, 0.1) is 0 Å². The van der Waals surface area contributed by atoms with Gasteiger partial charge < -0.3 is 10.4 Å². The van der Waals surface area contributed by atoms with Crippen molar-refractivity contribution >= 4 is 5.82 Å². The summed E-state index contributed by atoms with van der Waals surface area (Å²) >= 11 is 0. The van der Waals surface area contributed by atoms with Crippen LogP contribution in [0.3, 0.4) is 0 Å². The van der Waals surface area contributed by atoms with Crippen LogP contribution in [0.1, 0.15) is 31.3 Å². The maximum Gasteiger partial charge on any atom is 0.130 e. The quantitative estimate of drug-likeness (QED) is 0.774. The van der Waals surface area contributed by atoms with E-state index >= 15 is 0 Å². The van der Waals surface area contributed by atoms with Crippen LogP contribution in [-0.2, 0) is 0 Å². The maximum atomic E-state index is 8.88. The van der Waals surface area contributed by atoms with E-state index in [2.05, 4.69) is 22.2 Å². The second-order valence-electron chi connectivity index (χ2n) is 3.70. The molecule has 0 bridgehead atoms. The van der Waals surface area contributed by atoms with E-state index in [1.165, 1.54) is 0 Å². The lowest BCUT2D eigenvalue weighted by Crippen LogP contribution is -2.20. The Hall–Kier alpha value is -1.16. The zero-order valence-electron chi connectivity index (χ0n) is 9.62. The average molecular weight is 209 g/mol. The summed E-state index contributed by atoms with van der Waals surface area (Å²) in [7, 11) is 0. The van der Waals surface area contributed by atoms with Gasteiger partial charge in [0.2, 0.25) is 0 Å². The summed E-state index contributed by atoms with van der Waals surface area (Å²) in [4.78, 5) is 8.51. The van der Waals surface area contributed by atoms with Crippen molar-refractivity contribution in [3.8, 4) is 0 Å². The number of aliphatic hydroxyl groups is 1. The van der Waals surface area contributed by atoms with Crippen LogP contribution in [0.25, 0.3) is 0 Å². The summed E-state index contributed by atoms with van der Waals surface area (Å²) < 4.78 is 0. The molecule has 84 valence electrons. The summed E-state index contributed by atoms with van der Waals surface area (Å²) in [6.45, 7) is 6.13. The van der Waals surface area contributed by atoms with Crippen molar-refractivity contribution in [3.05, 3.63) is 17.6 Å². The lowest BCUT2D eigenvalue weighted by molar-refractivity contribution is 0.278. The molecule has 0 radical (unpaired) electrons. The van der Waals surface area contributed by atoms with Crippen LogP contribution in [0.5, 0.6) is 0 Å². The molecule has 0 aliphatic carbocycles. The fraction of sp³-hybridized carbons (Fsp3) is 0.636. The molecule has 0 aromatic carbocycles. The molecular weight excluding hydrogens is 190 g/mol. The van der Waals surface area contributed by atoms with Crippen LogP contribution >= 0.6 is 0 Å². The molecule has 4 nitrogen and oxygen atoms in total. The van der Waals surface area contributed by atoms with E-state index in [0.717, 1.165) is 30.2 Å². The Morgan fingerprint density at radius 2 is 2.13 bits per heavy atom. The smallest absolute Gasteiger partial charge is 0.130 e. The predicted octanol–water partition coefficient (Wildman–Crippen LogP) is 1.67. The molecule has 2 N–H and O–H groups in total. The Morgan fingerprint density at radius 3 is 2.67 bits per heavy atom. The predicted molar refractivity (Wildman–Crippen MR) is 60.9 cm³/mol. The van der Waals surface area contributed by atoms with Crippen molar-refractivity contribution < 1.29 is 5.11 Å². The average Bonchev–Trinajstić information content (AvgIpc) is 2.15. The Bertz CT molecular complexity index is 294. The highest BCUT2D eigenvalue weighted by atomic mass is 16.3. The molecule has 1 unspecified atom stereocenters. The van der Waals surface area contributed by atoms with Crippen LogP contribution in [0.4, 0.5) is 5.82 Å². The normalized spacial score (nSPS) is 12.5. The van der Waals surface area contributed by atoms with Crippen molar-refractivity contribution in [1.29, 1.82) is 0 Å². The number of aryl methyl sites for hydroxylation is 2. The summed E-state index contributed by atoms with van der Waals surface area (Å²) in [5.41, 5.74) is 0.962. The van der Waals surface area contributed by atoms with Gasteiger partial charge in [-0.3, -0.25) is 0 Å². The number of hydrogen-bond donors (Lipinski definition) is 2. The van der Waals surface area contributed by atoms with E-state index in [0.29, 0.717) is 0 Å². The topological polar surface area (TPSA) is 58.0 Å². The lowest BCUT2D eigenvalue weighted by atomic mass is 10.1. The zero-order chi connectivity index (χ0) is 11.3. The summed E-state index contributed by atoms with van der Waals surface area (Å²) in [6.07, 6.45) is 1.72. The van der Waals surface area contributed by atoms with Crippen molar-refractivity contribution in [2.75, 3.05) is 11.9 Å². The molecule has 0 amide bonds. The van der Waals surface area contributed by atoms with E-state index in [1.54, 1.807) is 0 Å². The Morgan fingerprint density at radius 1 is 1.40 bits per heavy atom. The largest absolute Gasteiger partial charge is 0.396 e. The fourth-order valence-corrected chi connectivity index (χ4v) is 1.53. The lowest BCUT2D eigenvalue weighted by Gasteiger charge is -2.16. The van der Waals surface area contributed by atoms with Crippen molar-refractivity contribution in [3.63, 3.8) is 0 Å². The second kappa shape index (κ2) is 5.66. The number of rotatable bonds is 5. The molecule has 0 fully saturated rings. The van der Waals surface area contributed by atoms with E-state index in [-0.39, 0.29) is 12.6 Å². The Labute approximate surface area is 90.8 Å². The highest BCUT2D eigenvalue weighted by molar-refractivity contribution is 5.36. The highest BCUT2D eigenvalue weighted by Gasteiger charge is 2.06. The molecule has 1 atom stereocenters. The van der Waals surface area contributed by atoms with E-state index in [1.807, 2.05) is 19.9 Å². The van der Waals surface area contributed by atoms with E-state index < -0.39 is 0 Å². The molecule has 15 heavy (non-hydrogen) atoms. The molecule has 0 saturated heterocycles. The van der Waals surface area contributed by atoms with Gasteiger partial charge in [-0.15, -0.1) is 0 Å². The minimum atomic E-state index is 0.203. The van der Waals surface area contributed by atoms with Gasteiger partial charge in [0.1, 0.15) is 11.6 Å². The minimum Gasteiger partial charge on any atom is -0.396 e. The summed E-state index contributed by atoms with van der Waals surface area (Å²) in [5.74, 6) is 1.62. The van der Waals surface area contributed by atoms with Crippen LogP contribution in [0.15, 0.2) is 6.07 Å². The van der Waals surface area contributed by atoms with Crippen LogP contribution in [-0.4, -0.2) is 27.7 Å². The molecular formula is C11H19N3O. The van der Waals surface area contributed by atoms with Gasteiger partial charge >= 0.3 is 0 Å². The second-order valence-corrected chi connectivity index (χ2v) is 3.70. The van der Waals surface area contributed by atoms with Gasteiger partial charge in [-0.05, 0) is 26.7 Å². The van der Waals surface area contributed by atoms with Crippen LogP contribution in [0, 0.1) is 13.8 Å². The molecule has 1 aromatic rings. The minimum absolute atomic E-state index is 0.203. The van der Waals surface area contributed by atoms with E-state index in [4.69, 9.17) is 5.11 Å². The van der Waals surface area contributed by atoms with Gasteiger partial charge in [0.25, 0.3) is 0 Å². The van der Waals surface area contributed by atoms with Crippen molar-refractivity contribution in [2.24, 2.45) is 0 Å². The number of nitrogens with one attached hydrogen (secondary N) is 1. The Kier molecular flexibility index (Phi) is 4.49. The zero-order valence-corrected chi connectivity index (χ0v) is 9.62. The van der Waals surface area contributed by atoms with Crippen molar-refractivity contribution in [1.82, 2.24) is 9.97 Å². The standard InChI is InChI=1S/C11H19N3O/c1-4-10(5-6-15)14-11-7-8(2)12-9(3)13-11/h7,10,15H,4-6H2,1-3H3,(H,12,13,14). The van der Waals surface area contributed by atoms with E-state index in [9.17, 15) is 0 Å². The molecule has 1 rings (SSSR count).